The van der Waals surface area contributed by atoms with Crippen molar-refractivity contribution in [2.24, 2.45) is 0 Å². The van der Waals surface area contributed by atoms with Crippen molar-refractivity contribution in [1.82, 2.24) is 15.2 Å². The predicted molar refractivity (Wildman–Crippen MR) is 84.9 cm³/mol. The number of hydrogen-bond acceptors (Lipinski definition) is 5. The number of hydrogen-bond donors (Lipinski definition) is 2. The zero-order valence-electron chi connectivity index (χ0n) is 12.4. The second-order valence-corrected chi connectivity index (χ2v) is 5.26. The Morgan fingerprint density at radius 3 is 2.76 bits per heavy atom. The zero-order valence-corrected chi connectivity index (χ0v) is 12.4. The monoisotopic (exact) mass is 285 g/mol. The van der Waals surface area contributed by atoms with E-state index in [1.807, 2.05) is 6.07 Å². The molecule has 2 rings (SSSR count). The normalized spacial score (nSPS) is 14.5. The van der Waals surface area contributed by atoms with Crippen molar-refractivity contribution < 1.29 is 0 Å². The molecule has 21 heavy (non-hydrogen) atoms. The van der Waals surface area contributed by atoms with Crippen LogP contribution < -0.4 is 10.6 Å². The van der Waals surface area contributed by atoms with Crippen LogP contribution in [0.1, 0.15) is 24.8 Å². The number of rotatable bonds is 7. The summed E-state index contributed by atoms with van der Waals surface area (Å²) in [6.07, 6.45) is 5.49. The van der Waals surface area contributed by atoms with E-state index in [4.69, 9.17) is 5.26 Å². The van der Waals surface area contributed by atoms with Gasteiger partial charge < -0.3 is 15.5 Å². The molecule has 1 aromatic heterocycles. The topological polar surface area (TPSA) is 64.0 Å². The van der Waals surface area contributed by atoms with Gasteiger partial charge in [0.15, 0.2) is 0 Å². The average molecular weight is 285 g/mol. The number of piperidine rings is 1. The Morgan fingerprint density at radius 2 is 2.10 bits per heavy atom. The van der Waals surface area contributed by atoms with Crippen LogP contribution in [0.4, 0.5) is 5.82 Å². The number of nitrogens with one attached hydrogen (secondary N) is 2. The van der Waals surface area contributed by atoms with Crippen LogP contribution in [0.15, 0.2) is 30.6 Å². The molecule has 0 saturated carbocycles. The highest BCUT2D eigenvalue weighted by atomic mass is 15.2. The van der Waals surface area contributed by atoms with E-state index in [0.29, 0.717) is 5.56 Å². The molecule has 0 bridgehead atoms. The lowest BCUT2D eigenvalue weighted by molar-refractivity contribution is 0.279. The van der Waals surface area contributed by atoms with Gasteiger partial charge in [-0.2, -0.15) is 5.26 Å². The molecule has 0 radical (unpaired) electrons. The van der Waals surface area contributed by atoms with Gasteiger partial charge in [-0.3, -0.25) is 0 Å². The molecule has 0 spiro atoms. The number of anilines is 1. The van der Waals surface area contributed by atoms with Crippen molar-refractivity contribution in [3.05, 3.63) is 36.2 Å². The van der Waals surface area contributed by atoms with Crippen LogP contribution in [0.3, 0.4) is 0 Å². The summed E-state index contributed by atoms with van der Waals surface area (Å²) in [6.45, 7) is 8.94. The van der Waals surface area contributed by atoms with Crippen molar-refractivity contribution >= 4 is 5.82 Å². The number of nitriles is 1. The lowest BCUT2D eigenvalue weighted by Gasteiger charge is -2.30. The maximum Gasteiger partial charge on any atom is 0.126 e. The molecule has 2 heterocycles. The fourth-order valence-electron chi connectivity index (χ4n) is 2.40. The lowest BCUT2D eigenvalue weighted by atomic mass is 10.1. The van der Waals surface area contributed by atoms with Gasteiger partial charge in [0, 0.05) is 44.6 Å². The van der Waals surface area contributed by atoms with E-state index in [1.54, 1.807) is 12.3 Å². The van der Waals surface area contributed by atoms with E-state index in [2.05, 4.69) is 33.2 Å². The molecule has 0 aromatic carbocycles. The Balaban J connectivity index is 1.59. The summed E-state index contributed by atoms with van der Waals surface area (Å²) >= 11 is 0. The Bertz CT molecular complexity index is 482. The number of nitrogens with zero attached hydrogens (tertiary/aromatic N) is 3. The standard InChI is InChI=1S/C16H23N5/c1-14(21-9-3-2-4-10-21)12-18-7-8-19-16-6-5-15(11-17)13-20-16/h5-6,13,18H,1-4,7-10,12H2,(H,19,20). The molecule has 0 atom stereocenters. The molecular formula is C16H23N5. The van der Waals surface area contributed by atoms with Gasteiger partial charge in [-0.05, 0) is 31.4 Å². The first-order valence-electron chi connectivity index (χ1n) is 7.53. The summed E-state index contributed by atoms with van der Waals surface area (Å²) in [5.41, 5.74) is 1.77. The quantitative estimate of drug-likeness (QED) is 0.750. The van der Waals surface area contributed by atoms with Gasteiger partial charge in [0.1, 0.15) is 11.9 Å². The number of pyridine rings is 1. The van der Waals surface area contributed by atoms with Crippen molar-refractivity contribution in [3.63, 3.8) is 0 Å². The smallest absolute Gasteiger partial charge is 0.126 e. The van der Waals surface area contributed by atoms with Gasteiger partial charge in [-0.1, -0.05) is 6.58 Å². The van der Waals surface area contributed by atoms with E-state index in [-0.39, 0.29) is 0 Å². The van der Waals surface area contributed by atoms with E-state index >= 15 is 0 Å². The molecule has 1 fully saturated rings. The third-order valence-electron chi connectivity index (χ3n) is 3.63. The average Bonchev–Trinajstić information content (AvgIpc) is 2.55. The minimum atomic E-state index is 0.580. The van der Waals surface area contributed by atoms with Gasteiger partial charge in [0.25, 0.3) is 0 Å². The minimum absolute atomic E-state index is 0.580. The molecule has 1 aliphatic heterocycles. The van der Waals surface area contributed by atoms with Crippen LogP contribution in [-0.4, -0.2) is 42.6 Å². The van der Waals surface area contributed by atoms with Crippen LogP contribution >= 0.6 is 0 Å². The minimum Gasteiger partial charge on any atom is -0.374 e. The van der Waals surface area contributed by atoms with Crippen LogP contribution in [0.2, 0.25) is 0 Å². The lowest BCUT2D eigenvalue weighted by Crippen LogP contribution is -2.34. The first-order chi connectivity index (χ1) is 10.3. The van der Waals surface area contributed by atoms with Gasteiger partial charge in [-0.15, -0.1) is 0 Å². The Labute approximate surface area is 126 Å². The second kappa shape index (κ2) is 8.28. The predicted octanol–water partition coefficient (Wildman–Crippen LogP) is 1.95. The maximum atomic E-state index is 8.70. The molecule has 2 N–H and O–H groups in total. The molecule has 0 aliphatic carbocycles. The summed E-state index contributed by atoms with van der Waals surface area (Å²) in [5, 5.41) is 15.3. The van der Waals surface area contributed by atoms with Crippen molar-refractivity contribution in [3.8, 4) is 6.07 Å². The van der Waals surface area contributed by atoms with E-state index in [1.165, 1.54) is 25.0 Å². The molecule has 5 heteroatoms. The maximum absolute atomic E-state index is 8.70. The largest absolute Gasteiger partial charge is 0.374 e. The third kappa shape index (κ3) is 5.09. The fourth-order valence-corrected chi connectivity index (χ4v) is 2.40. The van der Waals surface area contributed by atoms with Gasteiger partial charge in [-0.25, -0.2) is 4.98 Å². The molecule has 1 aliphatic rings. The molecule has 0 unspecified atom stereocenters. The van der Waals surface area contributed by atoms with Crippen LogP contribution in [0.5, 0.6) is 0 Å². The number of aromatic nitrogens is 1. The van der Waals surface area contributed by atoms with Gasteiger partial charge in [0.2, 0.25) is 0 Å². The Hall–Kier alpha value is -2.06. The van der Waals surface area contributed by atoms with Crippen molar-refractivity contribution in [2.75, 3.05) is 38.0 Å². The first kappa shape index (κ1) is 15.3. The summed E-state index contributed by atoms with van der Waals surface area (Å²) < 4.78 is 0. The Morgan fingerprint density at radius 1 is 1.29 bits per heavy atom. The van der Waals surface area contributed by atoms with E-state index < -0.39 is 0 Å². The molecule has 0 amide bonds. The van der Waals surface area contributed by atoms with Crippen LogP contribution in [0, 0.1) is 11.3 Å². The summed E-state index contributed by atoms with van der Waals surface area (Å²) in [5.74, 6) is 0.797. The summed E-state index contributed by atoms with van der Waals surface area (Å²) in [4.78, 5) is 6.55. The van der Waals surface area contributed by atoms with E-state index in [9.17, 15) is 0 Å². The summed E-state index contributed by atoms with van der Waals surface area (Å²) in [7, 11) is 0. The van der Waals surface area contributed by atoms with Crippen molar-refractivity contribution in [1.29, 1.82) is 5.26 Å². The third-order valence-corrected chi connectivity index (χ3v) is 3.63. The molecule has 1 saturated heterocycles. The van der Waals surface area contributed by atoms with Gasteiger partial charge in [0.05, 0.1) is 5.56 Å². The first-order valence-corrected chi connectivity index (χ1v) is 7.53. The highest BCUT2D eigenvalue weighted by Crippen LogP contribution is 2.12. The van der Waals surface area contributed by atoms with Crippen LogP contribution in [-0.2, 0) is 0 Å². The van der Waals surface area contributed by atoms with E-state index in [0.717, 1.165) is 38.5 Å². The van der Waals surface area contributed by atoms with Crippen molar-refractivity contribution in [2.45, 2.75) is 19.3 Å². The SMILES string of the molecule is C=C(CNCCNc1ccc(C#N)cn1)N1CCCCC1. The molecule has 112 valence electrons. The van der Waals surface area contributed by atoms with Gasteiger partial charge >= 0.3 is 0 Å². The number of likely N-dealkylation sites (tertiary alicyclic amines) is 1. The van der Waals surface area contributed by atoms with Crippen LogP contribution in [0.25, 0.3) is 0 Å². The fraction of sp³-hybridized carbons (Fsp3) is 0.500. The Kier molecular flexibility index (Phi) is 6.04. The zero-order chi connectivity index (χ0) is 14.9. The second-order valence-electron chi connectivity index (χ2n) is 5.26. The highest BCUT2D eigenvalue weighted by molar-refractivity contribution is 5.38. The highest BCUT2D eigenvalue weighted by Gasteiger charge is 2.10. The molecule has 5 nitrogen and oxygen atoms in total. The molecule has 1 aromatic rings. The molecular weight excluding hydrogens is 262 g/mol. The summed E-state index contributed by atoms with van der Waals surface area (Å²) in [6, 6.07) is 5.65.